The minimum absolute atomic E-state index is 0.0527. The van der Waals surface area contributed by atoms with E-state index in [1.54, 1.807) is 7.05 Å². The molecule has 3 aliphatic heterocycles. The molecule has 1 aromatic carbocycles. The standard InChI is InChI=1S/C25H34FN5O3S/c1-27-14-21(32)29-22(16-9-12-30(2)13-10-16)25(34)31-11-3-4-20(31)24-28-19(15-35-24)23(33)17-5-7-18(26)8-6-17/h5-8,16,19-20,22,27H,3-4,9-15H2,1-2H3,(H,29,32). The molecule has 2 N–H and O–H groups in total. The van der Waals surface area contributed by atoms with Gasteiger partial charge in [0.25, 0.3) is 0 Å². The maximum absolute atomic E-state index is 13.8. The molecule has 3 aliphatic rings. The van der Waals surface area contributed by atoms with E-state index in [2.05, 4.69) is 22.6 Å². The topological polar surface area (TPSA) is 94.1 Å². The second kappa shape index (κ2) is 11.6. The smallest absolute Gasteiger partial charge is 0.246 e. The number of likely N-dealkylation sites (N-methyl/N-ethyl adjacent to an activating group) is 1. The van der Waals surface area contributed by atoms with E-state index in [4.69, 9.17) is 4.99 Å². The number of Topliss-reactive ketones (excluding diaryl/α,β-unsaturated/α-hetero) is 1. The van der Waals surface area contributed by atoms with Gasteiger partial charge >= 0.3 is 0 Å². The number of amides is 2. The first-order chi connectivity index (χ1) is 16.9. The van der Waals surface area contributed by atoms with Crippen molar-refractivity contribution in [3.8, 4) is 0 Å². The van der Waals surface area contributed by atoms with Crippen molar-refractivity contribution >= 4 is 34.4 Å². The van der Waals surface area contributed by atoms with E-state index in [0.717, 1.165) is 43.8 Å². The molecule has 0 aromatic heterocycles. The Bertz CT molecular complexity index is 964. The Morgan fingerprint density at radius 1 is 1.14 bits per heavy atom. The number of hydrogen-bond acceptors (Lipinski definition) is 7. The number of halogens is 1. The zero-order valence-corrected chi connectivity index (χ0v) is 21.2. The van der Waals surface area contributed by atoms with Crippen molar-refractivity contribution < 1.29 is 18.8 Å². The van der Waals surface area contributed by atoms with Crippen LogP contribution in [0.15, 0.2) is 29.3 Å². The van der Waals surface area contributed by atoms with Gasteiger partial charge in [0, 0.05) is 17.9 Å². The highest BCUT2D eigenvalue weighted by atomic mass is 32.2. The highest BCUT2D eigenvalue weighted by Gasteiger charge is 2.42. The van der Waals surface area contributed by atoms with Gasteiger partial charge in [-0.1, -0.05) is 0 Å². The van der Waals surface area contributed by atoms with E-state index >= 15 is 0 Å². The number of thioether (sulfide) groups is 1. The molecule has 0 bridgehead atoms. The average Bonchev–Trinajstić information content (AvgIpc) is 3.53. The summed E-state index contributed by atoms with van der Waals surface area (Å²) in [6.45, 7) is 2.57. The molecule has 8 nitrogen and oxygen atoms in total. The van der Waals surface area contributed by atoms with Crippen LogP contribution in [0, 0.1) is 11.7 Å². The van der Waals surface area contributed by atoms with Crippen molar-refractivity contribution in [2.45, 2.75) is 43.8 Å². The number of aliphatic imine (C=N–C) groups is 1. The van der Waals surface area contributed by atoms with Crippen LogP contribution in [0.25, 0.3) is 0 Å². The number of likely N-dealkylation sites (tertiary alicyclic amines) is 2. The van der Waals surface area contributed by atoms with Crippen molar-refractivity contribution in [2.75, 3.05) is 46.0 Å². The normalized spacial score (nSPS) is 24.3. The van der Waals surface area contributed by atoms with Crippen molar-refractivity contribution in [1.29, 1.82) is 0 Å². The fourth-order valence-corrected chi connectivity index (χ4v) is 6.30. The number of rotatable bonds is 8. The highest BCUT2D eigenvalue weighted by Crippen LogP contribution is 2.32. The summed E-state index contributed by atoms with van der Waals surface area (Å²) in [5, 5.41) is 6.66. The molecular formula is C25H34FN5O3S. The average molecular weight is 504 g/mol. The fourth-order valence-electron chi connectivity index (χ4n) is 5.11. The number of hydrogen-bond donors (Lipinski definition) is 2. The third-order valence-corrected chi connectivity index (χ3v) is 8.23. The third-order valence-electron chi connectivity index (χ3n) is 7.08. The summed E-state index contributed by atoms with van der Waals surface area (Å²) in [5.41, 5.74) is 0.441. The highest BCUT2D eigenvalue weighted by molar-refractivity contribution is 8.14. The van der Waals surface area contributed by atoms with Crippen molar-refractivity contribution in [3.05, 3.63) is 35.6 Å². The van der Waals surface area contributed by atoms with Gasteiger partial charge in [-0.25, -0.2) is 4.39 Å². The van der Waals surface area contributed by atoms with E-state index in [1.165, 1.54) is 36.0 Å². The first-order valence-corrected chi connectivity index (χ1v) is 13.3. The quantitative estimate of drug-likeness (QED) is 0.523. The molecule has 10 heteroatoms. The first kappa shape index (κ1) is 25.8. The summed E-state index contributed by atoms with van der Waals surface area (Å²) >= 11 is 1.52. The van der Waals surface area contributed by atoms with E-state index in [1.807, 2.05) is 4.90 Å². The largest absolute Gasteiger partial charge is 0.343 e. The molecule has 1 aromatic rings. The lowest BCUT2D eigenvalue weighted by atomic mass is 9.88. The summed E-state index contributed by atoms with van der Waals surface area (Å²) in [7, 11) is 3.78. The molecule has 0 saturated carbocycles. The Morgan fingerprint density at radius 3 is 2.54 bits per heavy atom. The number of carbonyl (C=O) groups excluding carboxylic acids is 3. The minimum Gasteiger partial charge on any atom is -0.343 e. The first-order valence-electron chi connectivity index (χ1n) is 12.3. The summed E-state index contributed by atoms with van der Waals surface area (Å²) < 4.78 is 13.2. The van der Waals surface area contributed by atoms with Crippen LogP contribution in [0.4, 0.5) is 4.39 Å². The lowest BCUT2D eigenvalue weighted by molar-refractivity contribution is -0.138. The molecular weight excluding hydrogens is 469 g/mol. The number of nitrogens with one attached hydrogen (secondary N) is 2. The summed E-state index contributed by atoms with van der Waals surface area (Å²) in [6, 6.07) is 4.27. The van der Waals surface area contributed by atoms with Crippen LogP contribution < -0.4 is 10.6 Å². The SMILES string of the molecule is CNCC(=O)NC(C(=O)N1CCCC1C1=NC(C(=O)c2ccc(F)cc2)CS1)C1CCN(C)CC1. The lowest BCUT2D eigenvalue weighted by Gasteiger charge is -2.37. The van der Waals surface area contributed by atoms with Crippen LogP contribution in [-0.2, 0) is 9.59 Å². The number of benzene rings is 1. The predicted molar refractivity (Wildman–Crippen MR) is 135 cm³/mol. The molecule has 3 atom stereocenters. The van der Waals surface area contributed by atoms with Crippen molar-refractivity contribution in [3.63, 3.8) is 0 Å². The van der Waals surface area contributed by atoms with Gasteiger partial charge in [-0.3, -0.25) is 19.4 Å². The maximum Gasteiger partial charge on any atom is 0.246 e. The van der Waals surface area contributed by atoms with Crippen LogP contribution in [-0.4, -0.2) is 96.6 Å². The monoisotopic (exact) mass is 503 g/mol. The van der Waals surface area contributed by atoms with E-state index in [-0.39, 0.29) is 41.9 Å². The van der Waals surface area contributed by atoms with Crippen LogP contribution in [0.5, 0.6) is 0 Å². The molecule has 3 unspecified atom stereocenters. The van der Waals surface area contributed by atoms with Crippen molar-refractivity contribution in [1.82, 2.24) is 20.4 Å². The van der Waals surface area contributed by atoms with Crippen LogP contribution in [0.1, 0.15) is 36.0 Å². The number of nitrogens with zero attached hydrogens (tertiary/aromatic N) is 3. The number of carbonyl (C=O) groups is 3. The maximum atomic E-state index is 13.8. The van der Waals surface area contributed by atoms with E-state index < -0.39 is 12.1 Å². The molecule has 2 amide bonds. The Morgan fingerprint density at radius 2 is 1.86 bits per heavy atom. The predicted octanol–water partition coefficient (Wildman–Crippen LogP) is 1.56. The Kier molecular flexibility index (Phi) is 8.56. The molecule has 35 heavy (non-hydrogen) atoms. The Labute approximate surface area is 210 Å². The number of ketones is 1. The zero-order chi connectivity index (χ0) is 24.9. The molecule has 0 radical (unpaired) electrons. The van der Waals surface area contributed by atoms with E-state index in [9.17, 15) is 18.8 Å². The van der Waals surface area contributed by atoms with Gasteiger partial charge in [-0.2, -0.15) is 0 Å². The van der Waals surface area contributed by atoms with Gasteiger partial charge in [0.1, 0.15) is 17.9 Å². The van der Waals surface area contributed by atoms with Gasteiger partial charge < -0.3 is 20.4 Å². The lowest BCUT2D eigenvalue weighted by Crippen LogP contribution is -2.56. The molecule has 190 valence electrons. The van der Waals surface area contributed by atoms with Gasteiger partial charge in [0.2, 0.25) is 11.8 Å². The second-order valence-electron chi connectivity index (χ2n) is 9.57. The van der Waals surface area contributed by atoms with Crippen molar-refractivity contribution in [2.24, 2.45) is 10.9 Å². The molecule has 0 aliphatic carbocycles. The molecule has 0 spiro atoms. The third kappa shape index (κ3) is 6.10. The van der Waals surface area contributed by atoms with Crippen LogP contribution >= 0.6 is 11.8 Å². The summed E-state index contributed by atoms with van der Waals surface area (Å²) in [5.74, 6) is -0.145. The van der Waals surface area contributed by atoms with E-state index in [0.29, 0.717) is 17.9 Å². The summed E-state index contributed by atoms with van der Waals surface area (Å²) in [4.78, 5) is 48.0. The van der Waals surface area contributed by atoms with Gasteiger partial charge in [0.05, 0.1) is 17.6 Å². The molecule has 2 fully saturated rings. The Hall–Kier alpha value is -2.30. The second-order valence-corrected chi connectivity index (χ2v) is 10.6. The number of piperidine rings is 1. The minimum atomic E-state index is -0.561. The Balaban J connectivity index is 1.49. The summed E-state index contributed by atoms with van der Waals surface area (Å²) in [6.07, 6.45) is 3.36. The molecule has 2 saturated heterocycles. The van der Waals surface area contributed by atoms with Gasteiger partial charge in [-0.05, 0) is 83.1 Å². The van der Waals surface area contributed by atoms with Gasteiger partial charge in [-0.15, -0.1) is 11.8 Å². The fraction of sp³-hybridized carbons (Fsp3) is 0.600. The van der Waals surface area contributed by atoms with Gasteiger partial charge in [0.15, 0.2) is 5.78 Å². The van der Waals surface area contributed by atoms with Crippen LogP contribution in [0.2, 0.25) is 0 Å². The van der Waals surface area contributed by atoms with Crippen LogP contribution in [0.3, 0.4) is 0 Å². The zero-order valence-electron chi connectivity index (χ0n) is 20.3. The molecule has 4 rings (SSSR count). The molecule has 3 heterocycles.